The van der Waals surface area contributed by atoms with Crippen molar-refractivity contribution in [2.24, 2.45) is 5.92 Å². The predicted molar refractivity (Wildman–Crippen MR) is 112 cm³/mol. The molecule has 0 bridgehead atoms. The lowest BCUT2D eigenvalue weighted by Crippen LogP contribution is -2.40. The van der Waals surface area contributed by atoms with Crippen molar-refractivity contribution in [3.63, 3.8) is 0 Å². The Morgan fingerprint density at radius 1 is 1.14 bits per heavy atom. The molecular weight excluding hydrogens is 439 g/mol. The molecule has 2 rings (SSSR count). The van der Waals surface area contributed by atoms with E-state index in [1.165, 1.54) is 13.0 Å². The van der Waals surface area contributed by atoms with Crippen LogP contribution in [0.25, 0.3) is 0 Å². The van der Waals surface area contributed by atoms with Crippen LogP contribution in [0.15, 0.2) is 17.0 Å². The summed E-state index contributed by atoms with van der Waals surface area (Å²) in [5.41, 5.74) is -0.179. The number of hydrogen-bond acceptors (Lipinski definition) is 5. The molecule has 0 heterocycles. The first-order chi connectivity index (χ1) is 13.5. The van der Waals surface area contributed by atoms with E-state index in [0.29, 0.717) is 0 Å². The Labute approximate surface area is 181 Å². The molecule has 0 aromatic heterocycles. The first-order valence-corrected chi connectivity index (χ1v) is 11.7. The average Bonchev–Trinajstić information content (AvgIpc) is 3.12. The summed E-state index contributed by atoms with van der Waals surface area (Å²) in [4.78, 5) is 24.5. The van der Waals surface area contributed by atoms with E-state index < -0.39 is 28.0 Å². The smallest absolute Gasteiger partial charge is 0.340 e. The first-order valence-electron chi connectivity index (χ1n) is 9.51. The van der Waals surface area contributed by atoms with E-state index in [9.17, 15) is 18.0 Å². The zero-order chi connectivity index (χ0) is 21.8. The average molecular weight is 465 g/mol. The summed E-state index contributed by atoms with van der Waals surface area (Å²) in [6.45, 7) is 5.37. The Balaban J connectivity index is 2.16. The highest BCUT2D eigenvalue weighted by Gasteiger charge is 2.27. The fourth-order valence-electron chi connectivity index (χ4n) is 2.91. The Kier molecular flexibility index (Phi) is 8.34. The number of hydrogen-bond donors (Lipinski definition) is 2. The minimum Gasteiger partial charge on any atom is -0.449 e. The molecule has 2 N–H and O–H groups in total. The lowest BCUT2D eigenvalue weighted by Gasteiger charge is -2.18. The minimum absolute atomic E-state index is 0.0637. The van der Waals surface area contributed by atoms with Crippen LogP contribution in [0, 0.1) is 5.92 Å². The molecule has 29 heavy (non-hydrogen) atoms. The summed E-state index contributed by atoms with van der Waals surface area (Å²) < 4.78 is 32.7. The lowest BCUT2D eigenvalue weighted by atomic mass is 10.2. The Morgan fingerprint density at radius 3 is 2.34 bits per heavy atom. The molecule has 0 radical (unpaired) electrons. The van der Waals surface area contributed by atoms with Crippen LogP contribution >= 0.6 is 23.2 Å². The van der Waals surface area contributed by atoms with Crippen LogP contribution in [0.1, 0.15) is 56.8 Å². The van der Waals surface area contributed by atoms with Gasteiger partial charge in [-0.05, 0) is 37.8 Å². The molecule has 1 aromatic rings. The van der Waals surface area contributed by atoms with Crippen LogP contribution in [0.3, 0.4) is 0 Å². The zero-order valence-electron chi connectivity index (χ0n) is 16.6. The number of nitrogens with one attached hydrogen (secondary N) is 2. The number of ether oxygens (including phenoxy) is 1. The second-order valence-electron chi connectivity index (χ2n) is 7.55. The second kappa shape index (κ2) is 10.1. The number of halogens is 2. The van der Waals surface area contributed by atoms with Gasteiger partial charge < -0.3 is 10.1 Å². The molecule has 1 amide bonds. The zero-order valence-corrected chi connectivity index (χ0v) is 19.0. The normalized spacial score (nSPS) is 16.1. The second-order valence-corrected chi connectivity index (χ2v) is 10.1. The van der Waals surface area contributed by atoms with Gasteiger partial charge in [-0.25, -0.2) is 17.9 Å². The van der Waals surface area contributed by atoms with Crippen molar-refractivity contribution in [1.82, 2.24) is 10.0 Å². The van der Waals surface area contributed by atoms with E-state index >= 15 is 0 Å². The summed E-state index contributed by atoms with van der Waals surface area (Å²) in [6, 6.07) is 2.33. The molecule has 0 spiro atoms. The highest BCUT2D eigenvalue weighted by molar-refractivity contribution is 7.89. The summed E-state index contributed by atoms with van der Waals surface area (Å²) in [6.07, 6.45) is 2.87. The summed E-state index contributed by atoms with van der Waals surface area (Å²) in [7, 11) is -3.95. The number of esters is 1. The van der Waals surface area contributed by atoms with Crippen LogP contribution in [-0.4, -0.2) is 39.0 Å². The maximum atomic E-state index is 12.5. The maximum Gasteiger partial charge on any atom is 0.340 e. The van der Waals surface area contributed by atoms with Crippen LogP contribution in [0.4, 0.5) is 0 Å². The van der Waals surface area contributed by atoms with Gasteiger partial charge in [-0.15, -0.1) is 0 Å². The van der Waals surface area contributed by atoms with E-state index in [1.807, 2.05) is 13.8 Å². The van der Waals surface area contributed by atoms with Gasteiger partial charge in [-0.3, -0.25) is 4.79 Å². The van der Waals surface area contributed by atoms with Gasteiger partial charge in [0, 0.05) is 12.6 Å². The van der Waals surface area contributed by atoms with Crippen LogP contribution in [0.2, 0.25) is 10.0 Å². The third-order valence-corrected chi connectivity index (χ3v) is 6.77. The molecule has 1 aliphatic carbocycles. The van der Waals surface area contributed by atoms with Gasteiger partial charge in [0.05, 0.1) is 15.6 Å². The molecule has 0 saturated heterocycles. The van der Waals surface area contributed by atoms with Crippen molar-refractivity contribution in [2.45, 2.75) is 63.5 Å². The van der Waals surface area contributed by atoms with E-state index in [1.54, 1.807) is 0 Å². The van der Waals surface area contributed by atoms with E-state index in [0.717, 1.165) is 31.7 Å². The van der Waals surface area contributed by atoms with Crippen LogP contribution < -0.4 is 10.0 Å². The van der Waals surface area contributed by atoms with Crippen molar-refractivity contribution in [3.05, 3.63) is 27.7 Å². The van der Waals surface area contributed by atoms with Gasteiger partial charge in [0.15, 0.2) is 6.10 Å². The summed E-state index contributed by atoms with van der Waals surface area (Å²) in [5, 5.41) is 2.67. The van der Waals surface area contributed by atoms with Crippen molar-refractivity contribution < 1.29 is 22.7 Å². The van der Waals surface area contributed by atoms with Crippen molar-refractivity contribution in [1.29, 1.82) is 0 Å². The Morgan fingerprint density at radius 2 is 1.76 bits per heavy atom. The molecule has 10 heteroatoms. The molecule has 162 valence electrons. The summed E-state index contributed by atoms with van der Waals surface area (Å²) in [5.74, 6) is -1.22. The standard InChI is InChI=1S/C19H26Cl2N2O5S/c1-11(2)10-22-29(26,27)17-8-14(15(20)9-16(17)21)19(25)28-12(3)18(24)23-13-6-4-5-7-13/h8-9,11-13,22H,4-7,10H2,1-3H3,(H,23,24). The van der Waals surface area contributed by atoms with Crippen molar-refractivity contribution in [3.8, 4) is 0 Å². The van der Waals surface area contributed by atoms with Crippen LogP contribution in [0.5, 0.6) is 0 Å². The van der Waals surface area contributed by atoms with Crippen molar-refractivity contribution in [2.75, 3.05) is 6.54 Å². The van der Waals surface area contributed by atoms with Gasteiger partial charge in [0.1, 0.15) is 4.90 Å². The molecular formula is C19H26Cl2N2O5S. The summed E-state index contributed by atoms with van der Waals surface area (Å²) >= 11 is 12.1. The van der Waals surface area contributed by atoms with Gasteiger partial charge in [0.25, 0.3) is 5.91 Å². The van der Waals surface area contributed by atoms with Gasteiger partial charge in [-0.1, -0.05) is 49.9 Å². The number of sulfonamides is 1. The Bertz CT molecular complexity index is 868. The van der Waals surface area contributed by atoms with Gasteiger partial charge in [-0.2, -0.15) is 0 Å². The fourth-order valence-corrected chi connectivity index (χ4v) is 4.97. The van der Waals surface area contributed by atoms with Gasteiger partial charge >= 0.3 is 5.97 Å². The maximum absolute atomic E-state index is 12.5. The largest absolute Gasteiger partial charge is 0.449 e. The highest BCUT2D eigenvalue weighted by Crippen LogP contribution is 2.29. The minimum atomic E-state index is -3.95. The van der Waals surface area contributed by atoms with Crippen molar-refractivity contribution >= 4 is 45.1 Å². The number of amides is 1. The fraction of sp³-hybridized carbons (Fsp3) is 0.579. The number of rotatable bonds is 8. The molecule has 1 saturated carbocycles. The topological polar surface area (TPSA) is 102 Å². The van der Waals surface area contributed by atoms with E-state index in [4.69, 9.17) is 27.9 Å². The number of carbonyl (C=O) groups is 2. The van der Waals surface area contributed by atoms with E-state index in [2.05, 4.69) is 10.0 Å². The van der Waals surface area contributed by atoms with Gasteiger partial charge in [0.2, 0.25) is 10.0 Å². The monoisotopic (exact) mass is 464 g/mol. The third kappa shape index (κ3) is 6.57. The molecule has 1 unspecified atom stereocenters. The molecule has 0 aliphatic heterocycles. The lowest BCUT2D eigenvalue weighted by molar-refractivity contribution is -0.129. The van der Waals surface area contributed by atoms with E-state index in [-0.39, 0.29) is 39.0 Å². The first kappa shape index (κ1) is 23.9. The molecule has 1 aromatic carbocycles. The number of carbonyl (C=O) groups excluding carboxylic acids is 2. The molecule has 1 fully saturated rings. The number of benzene rings is 1. The predicted octanol–water partition coefficient (Wildman–Crippen LogP) is 3.53. The molecule has 1 aliphatic rings. The quantitative estimate of drug-likeness (QED) is 0.572. The Hall–Kier alpha value is -1.35. The molecule has 1 atom stereocenters. The SMILES string of the molecule is CC(C)CNS(=O)(=O)c1cc(C(=O)OC(C)C(=O)NC2CCCC2)c(Cl)cc1Cl. The van der Waals surface area contributed by atoms with Crippen LogP contribution in [-0.2, 0) is 19.6 Å². The highest BCUT2D eigenvalue weighted by atomic mass is 35.5. The third-order valence-electron chi connectivity index (χ3n) is 4.57. The molecule has 7 nitrogen and oxygen atoms in total.